The van der Waals surface area contributed by atoms with Gasteiger partial charge in [-0.05, 0) is 24.3 Å². The first-order chi connectivity index (χ1) is 8.75. The summed E-state index contributed by atoms with van der Waals surface area (Å²) in [6.45, 7) is 0.539. The van der Waals surface area contributed by atoms with Crippen LogP contribution in [0.5, 0.6) is 5.75 Å². The summed E-state index contributed by atoms with van der Waals surface area (Å²) in [6.07, 6.45) is 0. The average molecular weight is 264 g/mol. The topological polar surface area (TPSA) is 59.7 Å². The molecule has 0 radical (unpaired) electrons. The van der Waals surface area contributed by atoms with E-state index >= 15 is 0 Å². The van der Waals surface area contributed by atoms with Gasteiger partial charge < -0.3 is 14.3 Å². The molecule has 1 aromatic heterocycles. The Balaban J connectivity index is 1.73. The molecule has 2 aromatic rings. The van der Waals surface area contributed by atoms with Crippen molar-refractivity contribution < 1.29 is 19.1 Å². The Kier molecular flexibility index (Phi) is 4.30. The fourth-order valence-corrected chi connectivity index (χ4v) is 2.01. The normalized spacial score (nSPS) is 10.2. The van der Waals surface area contributed by atoms with Gasteiger partial charge in [0.1, 0.15) is 5.75 Å². The molecule has 18 heavy (non-hydrogen) atoms. The number of hydrogen-bond donors (Lipinski definition) is 1. The summed E-state index contributed by atoms with van der Waals surface area (Å²) in [7, 11) is 0. The first kappa shape index (κ1) is 12.6. The number of para-hydroxylation sites is 1. The second-order valence-electron chi connectivity index (χ2n) is 3.43. The predicted octanol–water partition coefficient (Wildman–Crippen LogP) is 3.15. The van der Waals surface area contributed by atoms with Gasteiger partial charge in [0, 0.05) is 5.75 Å². The van der Waals surface area contributed by atoms with Crippen molar-refractivity contribution in [3.8, 4) is 5.75 Å². The van der Waals surface area contributed by atoms with Crippen LogP contribution in [0.3, 0.4) is 0 Å². The second-order valence-corrected chi connectivity index (χ2v) is 4.53. The van der Waals surface area contributed by atoms with Gasteiger partial charge in [-0.3, -0.25) is 0 Å². The lowest BCUT2D eigenvalue weighted by molar-refractivity contribution is 0.0656. The molecule has 0 aliphatic rings. The zero-order chi connectivity index (χ0) is 12.8. The first-order valence-electron chi connectivity index (χ1n) is 5.39. The van der Waals surface area contributed by atoms with Crippen molar-refractivity contribution in [2.45, 2.75) is 5.09 Å². The van der Waals surface area contributed by atoms with E-state index in [4.69, 9.17) is 14.3 Å². The van der Waals surface area contributed by atoms with Gasteiger partial charge in [-0.1, -0.05) is 30.0 Å². The molecule has 4 nitrogen and oxygen atoms in total. The predicted molar refractivity (Wildman–Crippen MR) is 68.3 cm³/mol. The van der Waals surface area contributed by atoms with E-state index in [9.17, 15) is 4.79 Å². The SMILES string of the molecule is O=C(O)c1ccc(SCCOc2ccccc2)o1. The van der Waals surface area contributed by atoms with E-state index in [0.717, 1.165) is 5.75 Å². The van der Waals surface area contributed by atoms with Gasteiger partial charge in [-0.15, -0.1) is 0 Å². The van der Waals surface area contributed by atoms with Crippen LogP contribution >= 0.6 is 11.8 Å². The van der Waals surface area contributed by atoms with E-state index in [0.29, 0.717) is 17.5 Å². The number of aromatic carboxylic acids is 1. The molecule has 0 bridgehead atoms. The van der Waals surface area contributed by atoms with Crippen LogP contribution in [-0.4, -0.2) is 23.4 Å². The Morgan fingerprint density at radius 2 is 2.00 bits per heavy atom. The molecular weight excluding hydrogens is 252 g/mol. The molecule has 1 heterocycles. The summed E-state index contributed by atoms with van der Waals surface area (Å²) in [6, 6.07) is 12.6. The van der Waals surface area contributed by atoms with Crippen molar-refractivity contribution in [1.82, 2.24) is 0 Å². The quantitative estimate of drug-likeness (QED) is 0.641. The van der Waals surface area contributed by atoms with E-state index < -0.39 is 5.97 Å². The number of carboxylic acid groups (broad SMARTS) is 1. The maximum Gasteiger partial charge on any atom is 0.371 e. The molecule has 0 atom stereocenters. The van der Waals surface area contributed by atoms with E-state index in [1.165, 1.54) is 17.8 Å². The first-order valence-corrected chi connectivity index (χ1v) is 6.38. The Labute approximate surface area is 109 Å². The molecule has 0 unspecified atom stereocenters. The van der Waals surface area contributed by atoms with Gasteiger partial charge >= 0.3 is 5.97 Å². The molecule has 1 aromatic carbocycles. The highest BCUT2D eigenvalue weighted by molar-refractivity contribution is 7.99. The molecular formula is C13H12O4S. The third kappa shape index (κ3) is 3.56. The number of thioether (sulfide) groups is 1. The molecule has 0 aliphatic heterocycles. The Hall–Kier alpha value is -1.88. The van der Waals surface area contributed by atoms with E-state index in [1.54, 1.807) is 6.07 Å². The Bertz CT molecular complexity index is 507. The van der Waals surface area contributed by atoms with E-state index in [-0.39, 0.29) is 5.76 Å². The molecule has 0 fully saturated rings. The van der Waals surface area contributed by atoms with Crippen LogP contribution in [0.2, 0.25) is 0 Å². The van der Waals surface area contributed by atoms with Crippen molar-refractivity contribution in [2.75, 3.05) is 12.4 Å². The van der Waals surface area contributed by atoms with Gasteiger partial charge in [0.2, 0.25) is 5.76 Å². The van der Waals surface area contributed by atoms with Crippen LogP contribution in [-0.2, 0) is 0 Å². The van der Waals surface area contributed by atoms with Crippen molar-refractivity contribution in [3.05, 3.63) is 48.2 Å². The largest absolute Gasteiger partial charge is 0.493 e. The van der Waals surface area contributed by atoms with Gasteiger partial charge in [-0.2, -0.15) is 0 Å². The molecule has 1 N–H and O–H groups in total. The summed E-state index contributed by atoms with van der Waals surface area (Å²) in [5.41, 5.74) is 0. The minimum absolute atomic E-state index is 0.0403. The molecule has 0 saturated heterocycles. The highest BCUT2D eigenvalue weighted by atomic mass is 32.2. The van der Waals surface area contributed by atoms with Crippen LogP contribution in [0.1, 0.15) is 10.6 Å². The van der Waals surface area contributed by atoms with Crippen LogP contribution in [0.25, 0.3) is 0 Å². The Morgan fingerprint density at radius 1 is 1.22 bits per heavy atom. The molecule has 0 aliphatic carbocycles. The maximum absolute atomic E-state index is 10.6. The minimum atomic E-state index is -1.05. The lowest BCUT2D eigenvalue weighted by Crippen LogP contribution is -1.99. The average Bonchev–Trinajstić information content (AvgIpc) is 2.85. The van der Waals surface area contributed by atoms with E-state index in [1.807, 2.05) is 30.3 Å². The third-order valence-corrected chi connectivity index (χ3v) is 3.01. The maximum atomic E-state index is 10.6. The highest BCUT2D eigenvalue weighted by Crippen LogP contribution is 2.21. The van der Waals surface area contributed by atoms with Gasteiger partial charge in [0.05, 0.1) is 6.61 Å². The summed E-state index contributed by atoms with van der Waals surface area (Å²) in [5.74, 6) is 0.425. The molecule has 0 spiro atoms. The second kappa shape index (κ2) is 6.16. The zero-order valence-corrected chi connectivity index (χ0v) is 10.4. The van der Waals surface area contributed by atoms with Crippen molar-refractivity contribution in [3.63, 3.8) is 0 Å². The summed E-state index contributed by atoms with van der Waals surface area (Å²) in [4.78, 5) is 10.6. The summed E-state index contributed by atoms with van der Waals surface area (Å²) >= 11 is 1.42. The molecule has 5 heteroatoms. The summed E-state index contributed by atoms with van der Waals surface area (Å²) in [5, 5.41) is 9.28. The molecule has 0 amide bonds. The van der Waals surface area contributed by atoms with E-state index in [2.05, 4.69) is 0 Å². The number of carboxylic acids is 1. The number of ether oxygens (including phenoxy) is 1. The molecule has 2 rings (SSSR count). The van der Waals surface area contributed by atoms with Gasteiger partial charge in [-0.25, -0.2) is 4.79 Å². The fraction of sp³-hybridized carbons (Fsp3) is 0.154. The number of furan rings is 1. The van der Waals surface area contributed by atoms with Crippen LogP contribution in [0, 0.1) is 0 Å². The molecule has 0 saturated carbocycles. The Morgan fingerprint density at radius 3 is 2.67 bits per heavy atom. The molecule has 94 valence electrons. The monoisotopic (exact) mass is 264 g/mol. The number of carbonyl (C=O) groups is 1. The van der Waals surface area contributed by atoms with Crippen LogP contribution in [0.15, 0.2) is 52.0 Å². The van der Waals surface area contributed by atoms with Crippen molar-refractivity contribution in [2.24, 2.45) is 0 Å². The standard InChI is InChI=1S/C13H12O4S/c14-13(15)11-6-7-12(17-11)18-9-8-16-10-4-2-1-3-5-10/h1-7H,8-9H2,(H,14,15). The van der Waals surface area contributed by atoms with Crippen LogP contribution in [0.4, 0.5) is 0 Å². The highest BCUT2D eigenvalue weighted by Gasteiger charge is 2.08. The van der Waals surface area contributed by atoms with Gasteiger partial charge in [0.15, 0.2) is 5.09 Å². The zero-order valence-electron chi connectivity index (χ0n) is 9.54. The third-order valence-electron chi connectivity index (χ3n) is 2.13. The number of benzene rings is 1. The minimum Gasteiger partial charge on any atom is -0.493 e. The van der Waals surface area contributed by atoms with Crippen LogP contribution < -0.4 is 4.74 Å². The summed E-state index contributed by atoms with van der Waals surface area (Å²) < 4.78 is 10.6. The van der Waals surface area contributed by atoms with Crippen molar-refractivity contribution in [1.29, 1.82) is 0 Å². The fourth-order valence-electron chi connectivity index (χ4n) is 1.33. The van der Waals surface area contributed by atoms with Gasteiger partial charge in [0.25, 0.3) is 0 Å². The number of hydrogen-bond acceptors (Lipinski definition) is 4. The van der Waals surface area contributed by atoms with Crippen molar-refractivity contribution >= 4 is 17.7 Å². The lowest BCUT2D eigenvalue weighted by atomic mass is 10.3. The smallest absolute Gasteiger partial charge is 0.371 e. The lowest BCUT2D eigenvalue weighted by Gasteiger charge is -2.04. The number of rotatable bonds is 6.